The minimum atomic E-state index is 0.465. The largest absolute Gasteiger partial charge is 0.330 e. The van der Waals surface area contributed by atoms with Gasteiger partial charge in [0.25, 0.3) is 0 Å². The Balaban J connectivity index is 1.71. The predicted octanol–water partition coefficient (Wildman–Crippen LogP) is 3.65. The third-order valence-corrected chi connectivity index (χ3v) is 6.09. The molecule has 3 aliphatic carbocycles. The molecule has 0 bridgehead atoms. The average Bonchev–Trinajstić information content (AvgIpc) is 3.26. The predicted molar refractivity (Wildman–Crippen MR) is 85.6 cm³/mol. The van der Waals surface area contributed by atoms with Gasteiger partial charge in [-0.05, 0) is 74.7 Å². The molecule has 2 heteroatoms. The van der Waals surface area contributed by atoms with Crippen LogP contribution in [-0.4, -0.2) is 30.1 Å². The summed E-state index contributed by atoms with van der Waals surface area (Å²) in [6.07, 6.45) is 9.99. The van der Waals surface area contributed by atoms with Gasteiger partial charge in [-0.3, -0.25) is 4.90 Å². The molecule has 0 aromatic rings. The van der Waals surface area contributed by atoms with Gasteiger partial charge < -0.3 is 5.73 Å². The van der Waals surface area contributed by atoms with Gasteiger partial charge in [-0.1, -0.05) is 20.8 Å². The molecule has 0 amide bonds. The molecule has 3 atom stereocenters. The molecule has 20 heavy (non-hydrogen) atoms. The highest BCUT2D eigenvalue weighted by Crippen LogP contribution is 2.45. The van der Waals surface area contributed by atoms with Crippen molar-refractivity contribution >= 4 is 0 Å². The fraction of sp³-hybridized carbons (Fsp3) is 1.00. The normalized spacial score (nSPS) is 35.5. The molecule has 3 unspecified atom stereocenters. The van der Waals surface area contributed by atoms with Crippen molar-refractivity contribution < 1.29 is 0 Å². The van der Waals surface area contributed by atoms with Crippen molar-refractivity contribution in [2.75, 3.05) is 13.1 Å². The van der Waals surface area contributed by atoms with Crippen molar-refractivity contribution in [3.63, 3.8) is 0 Å². The summed E-state index contributed by atoms with van der Waals surface area (Å²) in [5, 5.41) is 0. The van der Waals surface area contributed by atoms with Crippen molar-refractivity contribution in [3.05, 3.63) is 0 Å². The van der Waals surface area contributed by atoms with E-state index in [1.165, 1.54) is 51.5 Å². The average molecular weight is 278 g/mol. The quantitative estimate of drug-likeness (QED) is 0.832. The summed E-state index contributed by atoms with van der Waals surface area (Å²) in [7, 11) is 0. The number of nitrogens with zero attached hydrogens (tertiary/aromatic N) is 1. The van der Waals surface area contributed by atoms with Crippen LogP contribution in [0, 0.1) is 23.2 Å². The zero-order chi connectivity index (χ0) is 14.3. The SMILES string of the molecule is CC(C)(C)C1CCC(CN)C(N(CC2CC2)C2CC2)C1. The number of rotatable bonds is 5. The summed E-state index contributed by atoms with van der Waals surface area (Å²) in [6.45, 7) is 9.57. The number of hydrogen-bond donors (Lipinski definition) is 1. The van der Waals surface area contributed by atoms with E-state index in [1.807, 2.05) is 0 Å². The van der Waals surface area contributed by atoms with Crippen LogP contribution < -0.4 is 5.73 Å². The third-order valence-electron chi connectivity index (χ3n) is 6.09. The zero-order valence-corrected chi connectivity index (χ0v) is 13.8. The zero-order valence-electron chi connectivity index (χ0n) is 13.8. The molecule has 3 aliphatic rings. The van der Waals surface area contributed by atoms with Crippen LogP contribution in [0.2, 0.25) is 0 Å². The van der Waals surface area contributed by atoms with E-state index in [0.717, 1.165) is 36.4 Å². The summed E-state index contributed by atoms with van der Waals surface area (Å²) < 4.78 is 0. The third kappa shape index (κ3) is 3.39. The molecular formula is C18H34N2. The monoisotopic (exact) mass is 278 g/mol. The van der Waals surface area contributed by atoms with E-state index >= 15 is 0 Å². The Labute approximate surface area is 125 Å². The van der Waals surface area contributed by atoms with Crippen molar-refractivity contribution in [1.82, 2.24) is 4.90 Å². The van der Waals surface area contributed by atoms with E-state index in [9.17, 15) is 0 Å². The van der Waals surface area contributed by atoms with E-state index < -0.39 is 0 Å². The maximum Gasteiger partial charge on any atom is 0.0141 e. The van der Waals surface area contributed by atoms with Crippen LogP contribution in [0.15, 0.2) is 0 Å². The van der Waals surface area contributed by atoms with Gasteiger partial charge in [-0.15, -0.1) is 0 Å². The molecule has 0 aliphatic heterocycles. The van der Waals surface area contributed by atoms with Crippen LogP contribution in [-0.2, 0) is 0 Å². The number of nitrogens with two attached hydrogens (primary N) is 1. The minimum absolute atomic E-state index is 0.465. The molecule has 3 rings (SSSR count). The number of hydrogen-bond acceptors (Lipinski definition) is 2. The van der Waals surface area contributed by atoms with Gasteiger partial charge in [0.15, 0.2) is 0 Å². The molecule has 2 nitrogen and oxygen atoms in total. The lowest BCUT2D eigenvalue weighted by molar-refractivity contribution is 0.0376. The van der Waals surface area contributed by atoms with E-state index in [4.69, 9.17) is 5.73 Å². The summed E-state index contributed by atoms with van der Waals surface area (Å²) >= 11 is 0. The van der Waals surface area contributed by atoms with Crippen LogP contribution in [0.1, 0.15) is 65.7 Å². The Bertz CT molecular complexity index is 325. The van der Waals surface area contributed by atoms with Gasteiger partial charge >= 0.3 is 0 Å². The van der Waals surface area contributed by atoms with Crippen LogP contribution in [0.3, 0.4) is 0 Å². The first-order chi connectivity index (χ1) is 9.49. The van der Waals surface area contributed by atoms with Crippen molar-refractivity contribution in [2.45, 2.75) is 77.8 Å². The van der Waals surface area contributed by atoms with Gasteiger partial charge in [0.05, 0.1) is 0 Å². The first kappa shape index (κ1) is 14.8. The van der Waals surface area contributed by atoms with Crippen LogP contribution in [0.4, 0.5) is 0 Å². The lowest BCUT2D eigenvalue weighted by Gasteiger charge is -2.46. The molecular weight excluding hydrogens is 244 g/mol. The van der Waals surface area contributed by atoms with E-state index in [-0.39, 0.29) is 0 Å². The smallest absolute Gasteiger partial charge is 0.0141 e. The summed E-state index contributed by atoms with van der Waals surface area (Å²) in [5.74, 6) is 2.66. The van der Waals surface area contributed by atoms with Gasteiger partial charge in [0.1, 0.15) is 0 Å². The van der Waals surface area contributed by atoms with Crippen LogP contribution in [0.5, 0.6) is 0 Å². The highest BCUT2D eigenvalue weighted by Gasteiger charge is 2.43. The Kier molecular flexibility index (Phi) is 4.16. The molecule has 0 heterocycles. The molecule has 3 fully saturated rings. The highest BCUT2D eigenvalue weighted by molar-refractivity contribution is 4.98. The first-order valence-electron chi connectivity index (χ1n) is 8.95. The van der Waals surface area contributed by atoms with Gasteiger partial charge in [0, 0.05) is 18.6 Å². The summed E-state index contributed by atoms with van der Waals surface area (Å²) in [6, 6.07) is 1.69. The van der Waals surface area contributed by atoms with E-state index in [2.05, 4.69) is 25.7 Å². The fourth-order valence-electron chi connectivity index (χ4n) is 4.24. The van der Waals surface area contributed by atoms with Crippen molar-refractivity contribution in [3.8, 4) is 0 Å². The molecule has 0 spiro atoms. The Morgan fingerprint density at radius 1 is 1.00 bits per heavy atom. The second-order valence-corrected chi connectivity index (χ2v) is 8.81. The van der Waals surface area contributed by atoms with Gasteiger partial charge in [-0.2, -0.15) is 0 Å². The molecule has 0 aromatic carbocycles. The van der Waals surface area contributed by atoms with Crippen molar-refractivity contribution in [2.24, 2.45) is 28.9 Å². The summed E-state index contributed by atoms with van der Waals surface area (Å²) in [4.78, 5) is 2.91. The lowest BCUT2D eigenvalue weighted by Crippen LogP contribution is -2.50. The van der Waals surface area contributed by atoms with Gasteiger partial charge in [-0.25, -0.2) is 0 Å². The standard InChI is InChI=1S/C18H34N2/c1-18(2,3)15-7-6-14(11-19)17(10-15)20(16-8-9-16)12-13-4-5-13/h13-17H,4-12,19H2,1-3H3. The minimum Gasteiger partial charge on any atom is -0.330 e. The maximum absolute atomic E-state index is 6.13. The van der Waals surface area contributed by atoms with Crippen LogP contribution >= 0.6 is 0 Å². The molecule has 0 saturated heterocycles. The molecule has 116 valence electrons. The molecule has 2 N–H and O–H groups in total. The molecule has 0 radical (unpaired) electrons. The molecule has 0 aromatic heterocycles. The lowest BCUT2D eigenvalue weighted by atomic mass is 9.67. The van der Waals surface area contributed by atoms with E-state index in [0.29, 0.717) is 5.41 Å². The highest BCUT2D eigenvalue weighted by atomic mass is 15.2. The Hall–Kier alpha value is -0.0800. The van der Waals surface area contributed by atoms with Crippen LogP contribution in [0.25, 0.3) is 0 Å². The summed E-state index contributed by atoms with van der Waals surface area (Å²) in [5.41, 5.74) is 6.59. The van der Waals surface area contributed by atoms with E-state index in [1.54, 1.807) is 0 Å². The Morgan fingerprint density at radius 2 is 1.70 bits per heavy atom. The second kappa shape index (κ2) is 5.61. The van der Waals surface area contributed by atoms with Gasteiger partial charge in [0.2, 0.25) is 0 Å². The fourth-order valence-corrected chi connectivity index (χ4v) is 4.24. The maximum atomic E-state index is 6.13. The van der Waals surface area contributed by atoms with Crippen molar-refractivity contribution in [1.29, 1.82) is 0 Å². The second-order valence-electron chi connectivity index (χ2n) is 8.81. The first-order valence-corrected chi connectivity index (χ1v) is 8.95. The molecule has 3 saturated carbocycles. The topological polar surface area (TPSA) is 29.3 Å². The Morgan fingerprint density at radius 3 is 2.20 bits per heavy atom.